The number of hydrogen-bond acceptors (Lipinski definition) is 0. The van der Waals surface area contributed by atoms with Crippen LogP contribution < -0.4 is 0 Å². The standard InChI is InChI=1S/2C17H24P.Zr/c2*1-16(2,3)18(17(4,5)6)15-11-13-9-7-8-10-14(13)12-15;/h2*7-12H,1-6H3;. The van der Waals surface area contributed by atoms with Crippen molar-refractivity contribution in [1.82, 2.24) is 0 Å². The monoisotopic (exact) mass is 608 g/mol. The van der Waals surface area contributed by atoms with Crippen molar-refractivity contribution in [2.24, 2.45) is 0 Å². The van der Waals surface area contributed by atoms with E-state index in [9.17, 15) is 0 Å². The average Bonchev–Trinajstić information content (AvgIpc) is 3.23. The third kappa shape index (κ3) is 6.06. The number of hydrogen-bond donors (Lipinski definition) is 0. The van der Waals surface area contributed by atoms with Gasteiger partial charge in [0.05, 0.1) is 0 Å². The molecule has 2 aliphatic carbocycles. The van der Waals surface area contributed by atoms with Crippen molar-refractivity contribution in [1.29, 1.82) is 0 Å². The number of allylic oxidation sites excluding steroid dienone is 2. The Hall–Kier alpha value is -0.337. The second-order valence-electron chi connectivity index (χ2n) is 14.8. The number of fused-ring (bicyclic) bond motifs is 2. The summed E-state index contributed by atoms with van der Waals surface area (Å²) < 4.78 is 1.31. The summed E-state index contributed by atoms with van der Waals surface area (Å²) in [6.45, 7) is 29.9. The zero-order valence-electron chi connectivity index (χ0n) is 25.3. The third-order valence-electron chi connectivity index (χ3n) is 7.35. The van der Waals surface area contributed by atoms with Crippen LogP contribution >= 0.6 is 15.8 Å². The SMILES string of the molecule is CC(C)(C)P(C1=Cc2ccccc2[CH]1[Zr][CH]1C(P(C(C)(C)C)C(C)(C)C)=Cc2ccccc21)C(C)(C)C. The van der Waals surface area contributed by atoms with Crippen molar-refractivity contribution in [2.45, 2.75) is 111 Å². The Morgan fingerprint density at radius 1 is 0.486 bits per heavy atom. The van der Waals surface area contributed by atoms with Gasteiger partial charge in [-0.25, -0.2) is 0 Å². The zero-order chi connectivity index (χ0) is 27.6. The molecule has 0 saturated heterocycles. The van der Waals surface area contributed by atoms with Gasteiger partial charge in [0, 0.05) is 0 Å². The molecule has 198 valence electrons. The van der Waals surface area contributed by atoms with Crippen LogP contribution in [0.15, 0.2) is 59.2 Å². The maximum absolute atomic E-state index is 2.64. The predicted octanol–water partition coefficient (Wildman–Crippen LogP) is 11.4. The normalized spacial score (nSPS) is 20.2. The molecule has 0 fully saturated rings. The fourth-order valence-corrected chi connectivity index (χ4v) is 22.6. The van der Waals surface area contributed by atoms with Gasteiger partial charge in [0.25, 0.3) is 0 Å². The molecule has 37 heavy (non-hydrogen) atoms. The Labute approximate surface area is 242 Å². The van der Waals surface area contributed by atoms with Crippen molar-refractivity contribution in [2.75, 3.05) is 0 Å². The molecule has 0 heterocycles. The van der Waals surface area contributed by atoms with Crippen molar-refractivity contribution in [3.05, 3.63) is 81.4 Å². The Balaban J connectivity index is 1.86. The molecule has 4 rings (SSSR count). The van der Waals surface area contributed by atoms with E-state index in [1.165, 1.54) is 11.1 Å². The molecule has 0 radical (unpaired) electrons. The van der Waals surface area contributed by atoms with Crippen molar-refractivity contribution in [3.8, 4) is 0 Å². The average molecular weight is 610 g/mol. The van der Waals surface area contributed by atoms with Crippen LogP contribution in [0.4, 0.5) is 0 Å². The van der Waals surface area contributed by atoms with Gasteiger partial charge in [0.2, 0.25) is 0 Å². The van der Waals surface area contributed by atoms with Crippen molar-refractivity contribution >= 4 is 28.0 Å². The zero-order valence-corrected chi connectivity index (χ0v) is 29.6. The van der Waals surface area contributed by atoms with Crippen LogP contribution in [-0.2, 0) is 23.2 Å². The topological polar surface area (TPSA) is 0 Å². The van der Waals surface area contributed by atoms with E-state index in [0.717, 1.165) is 0 Å². The van der Waals surface area contributed by atoms with Gasteiger partial charge in [0.15, 0.2) is 0 Å². The van der Waals surface area contributed by atoms with E-state index in [-0.39, 0.29) is 36.5 Å². The summed E-state index contributed by atoms with van der Waals surface area (Å²) in [5.74, 6) is 0. The first-order valence-corrected chi connectivity index (χ1v) is 19.4. The van der Waals surface area contributed by atoms with Crippen LogP contribution in [0.5, 0.6) is 0 Å². The van der Waals surface area contributed by atoms with Crippen LogP contribution in [0.25, 0.3) is 12.2 Å². The molecule has 0 N–H and O–H groups in total. The fraction of sp³-hybridized carbons (Fsp3) is 0.529. The van der Waals surface area contributed by atoms with Gasteiger partial charge in [-0.15, -0.1) is 0 Å². The summed E-state index contributed by atoms with van der Waals surface area (Å²) in [6.07, 6.45) is 5.28. The Morgan fingerprint density at radius 2 is 0.784 bits per heavy atom. The fourth-order valence-electron chi connectivity index (χ4n) is 7.08. The minimum absolute atomic E-state index is 0.287. The predicted molar refractivity (Wildman–Crippen MR) is 167 cm³/mol. The van der Waals surface area contributed by atoms with Crippen molar-refractivity contribution in [3.63, 3.8) is 0 Å². The van der Waals surface area contributed by atoms with Gasteiger partial charge in [-0.2, -0.15) is 0 Å². The van der Waals surface area contributed by atoms with Crippen LogP contribution in [0, 0.1) is 0 Å². The Kier molecular flexibility index (Phi) is 8.21. The first-order valence-electron chi connectivity index (χ1n) is 13.9. The summed E-state index contributed by atoms with van der Waals surface area (Å²) >= 11 is -0.962. The second kappa shape index (κ2) is 10.2. The summed E-state index contributed by atoms with van der Waals surface area (Å²) in [5.41, 5.74) is 6.25. The third-order valence-corrected chi connectivity index (χ3v) is 20.4. The van der Waals surface area contributed by atoms with Crippen LogP contribution in [0.3, 0.4) is 0 Å². The van der Waals surface area contributed by atoms with E-state index in [4.69, 9.17) is 0 Å². The van der Waals surface area contributed by atoms with E-state index >= 15 is 0 Å². The van der Waals surface area contributed by atoms with Crippen LogP contribution in [0.1, 0.15) is 113 Å². The van der Waals surface area contributed by atoms with E-state index in [1.54, 1.807) is 21.8 Å². The number of rotatable bonds is 4. The molecule has 2 atom stereocenters. The quantitative estimate of drug-likeness (QED) is 0.303. The van der Waals surface area contributed by atoms with Crippen LogP contribution in [0.2, 0.25) is 0 Å². The van der Waals surface area contributed by atoms with E-state index in [1.807, 2.05) is 0 Å². The van der Waals surface area contributed by atoms with Crippen molar-refractivity contribution < 1.29 is 23.2 Å². The molecule has 0 spiro atoms. The summed E-state index contributed by atoms with van der Waals surface area (Å²) in [4.78, 5) is 0. The summed E-state index contributed by atoms with van der Waals surface area (Å²) in [6, 6.07) is 18.7. The van der Waals surface area contributed by atoms with Gasteiger partial charge >= 0.3 is 244 Å². The molecule has 0 bridgehead atoms. The Bertz CT molecular complexity index is 1080. The molecule has 2 aliphatic rings. The molecular formula is C34H48P2Zr. The minimum atomic E-state index is -0.962. The van der Waals surface area contributed by atoms with Gasteiger partial charge in [0.1, 0.15) is 0 Å². The molecule has 2 aromatic rings. The molecule has 2 unspecified atom stereocenters. The van der Waals surface area contributed by atoms with Gasteiger partial charge in [-0.1, -0.05) is 0 Å². The molecule has 0 aliphatic heterocycles. The maximum atomic E-state index is 2.64. The first kappa shape index (κ1) is 29.6. The molecule has 2 aromatic carbocycles. The molecule has 0 nitrogen and oxygen atoms in total. The van der Waals surface area contributed by atoms with E-state index in [2.05, 4.69) is 144 Å². The van der Waals surface area contributed by atoms with Crippen LogP contribution in [-0.4, -0.2) is 20.6 Å². The Morgan fingerprint density at radius 3 is 1.08 bits per heavy atom. The van der Waals surface area contributed by atoms with Gasteiger partial charge in [-0.3, -0.25) is 0 Å². The summed E-state index contributed by atoms with van der Waals surface area (Å²) in [7, 11) is -0.605. The van der Waals surface area contributed by atoms with Gasteiger partial charge in [-0.05, 0) is 0 Å². The number of benzene rings is 2. The second-order valence-corrected chi connectivity index (χ2v) is 26.2. The first-order chi connectivity index (χ1) is 16.9. The molecule has 0 aromatic heterocycles. The van der Waals surface area contributed by atoms with E-state index < -0.39 is 23.2 Å². The summed E-state index contributed by atoms with van der Waals surface area (Å²) in [5, 5.41) is 4.73. The molecular weight excluding hydrogens is 562 g/mol. The molecule has 3 heteroatoms. The molecule has 0 saturated carbocycles. The van der Waals surface area contributed by atoms with Gasteiger partial charge < -0.3 is 0 Å². The van der Waals surface area contributed by atoms with E-state index in [0.29, 0.717) is 7.25 Å². The molecule has 0 amide bonds.